The summed E-state index contributed by atoms with van der Waals surface area (Å²) in [5, 5.41) is 7.64. The van der Waals surface area contributed by atoms with E-state index in [0.29, 0.717) is 6.61 Å². The molecule has 0 radical (unpaired) electrons. The Morgan fingerprint density at radius 2 is 2.00 bits per heavy atom. The number of hydrogen-bond donors (Lipinski definition) is 2. The van der Waals surface area contributed by atoms with Crippen LogP contribution in [0.5, 0.6) is 0 Å². The van der Waals surface area contributed by atoms with Gasteiger partial charge in [0, 0.05) is 50.9 Å². The van der Waals surface area contributed by atoms with E-state index in [9.17, 15) is 4.79 Å². The normalized spacial score (nSPS) is 10.9. The maximum absolute atomic E-state index is 11.9. The van der Waals surface area contributed by atoms with E-state index in [-0.39, 0.29) is 5.56 Å². The number of fused-ring (bicyclic) bond motifs is 1. The second-order valence-electron chi connectivity index (χ2n) is 4.64. The number of benzene rings is 1. The lowest BCUT2D eigenvalue weighted by Crippen LogP contribution is -2.26. The number of methoxy groups -OCH3 is 1. The van der Waals surface area contributed by atoms with Crippen LogP contribution in [0.15, 0.2) is 35.1 Å². The van der Waals surface area contributed by atoms with Crippen molar-refractivity contribution in [3.05, 3.63) is 40.7 Å². The third kappa shape index (κ3) is 3.37. The van der Waals surface area contributed by atoms with Crippen LogP contribution in [0, 0.1) is 0 Å². The van der Waals surface area contributed by atoms with Crippen molar-refractivity contribution in [2.45, 2.75) is 0 Å². The van der Waals surface area contributed by atoms with Gasteiger partial charge in [-0.25, -0.2) is 0 Å². The van der Waals surface area contributed by atoms with E-state index >= 15 is 0 Å². The molecule has 2 rings (SSSR count). The van der Waals surface area contributed by atoms with Crippen molar-refractivity contribution in [2.75, 3.05) is 38.7 Å². The number of rotatable bonds is 7. The lowest BCUT2D eigenvalue weighted by atomic mass is 10.2. The van der Waals surface area contributed by atoms with Gasteiger partial charge in [-0.05, 0) is 6.07 Å². The summed E-state index contributed by atoms with van der Waals surface area (Å²) >= 11 is 0. The Morgan fingerprint density at radius 1 is 1.20 bits per heavy atom. The molecule has 0 saturated carbocycles. The van der Waals surface area contributed by atoms with Crippen LogP contribution < -0.4 is 16.2 Å². The summed E-state index contributed by atoms with van der Waals surface area (Å²) < 4.78 is 6.63. The van der Waals surface area contributed by atoms with E-state index in [0.717, 1.165) is 36.2 Å². The van der Waals surface area contributed by atoms with E-state index < -0.39 is 0 Å². The van der Waals surface area contributed by atoms with Crippen LogP contribution in [-0.4, -0.2) is 37.9 Å². The van der Waals surface area contributed by atoms with Gasteiger partial charge in [0.05, 0.1) is 12.1 Å². The van der Waals surface area contributed by atoms with Crippen molar-refractivity contribution >= 4 is 16.6 Å². The fraction of sp³-hybridized carbons (Fsp3) is 0.400. The summed E-state index contributed by atoms with van der Waals surface area (Å²) in [6.07, 6.45) is 0. The van der Waals surface area contributed by atoms with Gasteiger partial charge in [0.1, 0.15) is 0 Å². The molecule has 1 aromatic carbocycles. The Labute approximate surface area is 118 Å². The molecule has 0 bridgehead atoms. The number of nitrogens with one attached hydrogen (secondary N) is 2. The average molecular weight is 275 g/mol. The number of aryl methyl sites for hydroxylation is 1. The summed E-state index contributed by atoms with van der Waals surface area (Å²) in [5.41, 5.74) is 1.82. The topological polar surface area (TPSA) is 55.3 Å². The molecular weight excluding hydrogens is 254 g/mol. The second-order valence-corrected chi connectivity index (χ2v) is 4.64. The minimum atomic E-state index is -0.00135. The van der Waals surface area contributed by atoms with E-state index in [1.54, 1.807) is 24.8 Å². The predicted octanol–water partition coefficient (Wildman–Crippen LogP) is 1.19. The van der Waals surface area contributed by atoms with Crippen LogP contribution in [0.1, 0.15) is 0 Å². The van der Waals surface area contributed by atoms with Crippen molar-refractivity contribution < 1.29 is 4.74 Å². The minimum Gasteiger partial charge on any atom is -0.383 e. The molecule has 0 fully saturated rings. The summed E-state index contributed by atoms with van der Waals surface area (Å²) in [7, 11) is 3.48. The predicted molar refractivity (Wildman–Crippen MR) is 82.4 cm³/mol. The zero-order valence-corrected chi connectivity index (χ0v) is 12.0. The lowest BCUT2D eigenvalue weighted by Gasteiger charge is -2.12. The SMILES string of the molecule is COCCNCCNc1cc(=O)n(C)c2ccccc12. The molecule has 5 nitrogen and oxygen atoms in total. The van der Waals surface area contributed by atoms with Gasteiger partial charge in [-0.3, -0.25) is 4.79 Å². The first-order chi connectivity index (χ1) is 9.74. The van der Waals surface area contributed by atoms with Crippen LogP contribution in [0.3, 0.4) is 0 Å². The first-order valence-corrected chi connectivity index (χ1v) is 6.76. The fourth-order valence-corrected chi connectivity index (χ4v) is 2.14. The van der Waals surface area contributed by atoms with Gasteiger partial charge in [-0.2, -0.15) is 0 Å². The van der Waals surface area contributed by atoms with Gasteiger partial charge in [-0.1, -0.05) is 18.2 Å². The van der Waals surface area contributed by atoms with Crippen LogP contribution in [0.4, 0.5) is 5.69 Å². The zero-order chi connectivity index (χ0) is 14.4. The summed E-state index contributed by atoms with van der Waals surface area (Å²) in [6, 6.07) is 9.55. The molecular formula is C15H21N3O2. The molecule has 0 aliphatic heterocycles. The highest BCUT2D eigenvalue weighted by molar-refractivity contribution is 5.91. The van der Waals surface area contributed by atoms with Crippen LogP contribution >= 0.6 is 0 Å². The maximum atomic E-state index is 11.9. The van der Waals surface area contributed by atoms with Gasteiger partial charge in [-0.15, -0.1) is 0 Å². The molecule has 2 N–H and O–H groups in total. The standard InChI is InChI=1S/C15H21N3O2/c1-18-14-6-4-3-5-12(14)13(11-15(18)19)17-8-7-16-9-10-20-2/h3-6,11,16-17H,7-10H2,1-2H3. The molecule has 2 aromatic rings. The molecule has 0 spiro atoms. The molecule has 1 aromatic heterocycles. The van der Waals surface area contributed by atoms with Crippen LogP contribution in [0.25, 0.3) is 10.9 Å². The molecule has 1 heterocycles. The summed E-state index contributed by atoms with van der Waals surface area (Å²) in [4.78, 5) is 11.9. The fourth-order valence-electron chi connectivity index (χ4n) is 2.14. The molecule has 20 heavy (non-hydrogen) atoms. The molecule has 108 valence electrons. The smallest absolute Gasteiger partial charge is 0.252 e. The molecule has 0 aliphatic rings. The van der Waals surface area contributed by atoms with E-state index in [1.807, 2.05) is 24.3 Å². The van der Waals surface area contributed by atoms with Gasteiger partial charge in [0.2, 0.25) is 0 Å². The third-order valence-corrected chi connectivity index (χ3v) is 3.25. The highest BCUT2D eigenvalue weighted by atomic mass is 16.5. The molecule has 0 aliphatic carbocycles. The van der Waals surface area contributed by atoms with E-state index in [1.165, 1.54) is 0 Å². The number of nitrogens with zero attached hydrogens (tertiary/aromatic N) is 1. The highest BCUT2D eigenvalue weighted by Gasteiger charge is 2.05. The highest BCUT2D eigenvalue weighted by Crippen LogP contribution is 2.20. The van der Waals surface area contributed by atoms with Crippen LogP contribution in [-0.2, 0) is 11.8 Å². The minimum absolute atomic E-state index is 0.00135. The lowest BCUT2D eigenvalue weighted by molar-refractivity contribution is 0.200. The zero-order valence-electron chi connectivity index (χ0n) is 12.0. The van der Waals surface area contributed by atoms with Gasteiger partial charge < -0.3 is 19.9 Å². The van der Waals surface area contributed by atoms with Gasteiger partial charge in [0.25, 0.3) is 5.56 Å². The number of para-hydroxylation sites is 1. The van der Waals surface area contributed by atoms with Crippen molar-refractivity contribution in [2.24, 2.45) is 7.05 Å². The largest absolute Gasteiger partial charge is 0.383 e. The Balaban J connectivity index is 2.07. The number of pyridine rings is 1. The Morgan fingerprint density at radius 3 is 2.80 bits per heavy atom. The van der Waals surface area contributed by atoms with Gasteiger partial charge in [0.15, 0.2) is 0 Å². The quantitative estimate of drug-likeness (QED) is 0.745. The first-order valence-electron chi connectivity index (χ1n) is 6.76. The van der Waals surface area contributed by atoms with E-state index in [4.69, 9.17) is 4.74 Å². The molecule has 0 unspecified atom stereocenters. The Hall–Kier alpha value is -1.85. The summed E-state index contributed by atoms with van der Waals surface area (Å²) in [5.74, 6) is 0. The number of anilines is 1. The summed E-state index contributed by atoms with van der Waals surface area (Å²) in [6.45, 7) is 3.12. The maximum Gasteiger partial charge on any atom is 0.252 e. The molecule has 0 saturated heterocycles. The first kappa shape index (κ1) is 14.6. The monoisotopic (exact) mass is 275 g/mol. The average Bonchev–Trinajstić information content (AvgIpc) is 2.47. The number of hydrogen-bond acceptors (Lipinski definition) is 4. The van der Waals surface area contributed by atoms with Crippen LogP contribution in [0.2, 0.25) is 0 Å². The van der Waals surface area contributed by atoms with Crippen molar-refractivity contribution in [1.29, 1.82) is 0 Å². The molecule has 0 amide bonds. The van der Waals surface area contributed by atoms with Gasteiger partial charge >= 0.3 is 0 Å². The van der Waals surface area contributed by atoms with Crippen molar-refractivity contribution in [1.82, 2.24) is 9.88 Å². The van der Waals surface area contributed by atoms with E-state index in [2.05, 4.69) is 10.6 Å². The van der Waals surface area contributed by atoms with Crippen molar-refractivity contribution in [3.8, 4) is 0 Å². The number of aromatic nitrogens is 1. The molecule has 5 heteroatoms. The Bertz CT molecular complexity index is 622. The van der Waals surface area contributed by atoms with Crippen molar-refractivity contribution in [3.63, 3.8) is 0 Å². The number of ether oxygens (including phenoxy) is 1. The Kier molecular flexibility index (Phi) is 5.15. The molecule has 0 atom stereocenters. The third-order valence-electron chi connectivity index (χ3n) is 3.25. The second kappa shape index (κ2) is 7.07.